The van der Waals surface area contributed by atoms with E-state index in [-0.39, 0.29) is 16.9 Å². The van der Waals surface area contributed by atoms with Crippen molar-refractivity contribution in [2.45, 2.75) is 19.4 Å². The molecule has 2 aromatic rings. The Bertz CT molecular complexity index is 640. The van der Waals surface area contributed by atoms with Crippen molar-refractivity contribution in [2.75, 3.05) is 5.32 Å². The number of nitrogens with one attached hydrogen (secondary N) is 1. The Balaban J connectivity index is 2.50. The second kappa shape index (κ2) is 5.19. The molecule has 1 aromatic carbocycles. The normalized spacial score (nSPS) is 12.3. The lowest BCUT2D eigenvalue weighted by molar-refractivity contribution is -0.382. The smallest absolute Gasteiger partial charge is 0.326 e. The number of fused-ring (bicyclic) bond motifs is 1. The summed E-state index contributed by atoms with van der Waals surface area (Å²) in [6, 6.07) is 2.34. The first-order valence-electron chi connectivity index (χ1n) is 5.54. The number of nitro benzene ring substituents is 1. The first kappa shape index (κ1) is 13.2. The van der Waals surface area contributed by atoms with E-state index in [0.717, 1.165) is 0 Å². The minimum absolute atomic E-state index is 0.178. The van der Waals surface area contributed by atoms with Crippen molar-refractivity contribution in [2.24, 2.45) is 0 Å². The molecule has 0 saturated heterocycles. The molecular formula is C11H11N3O4S. The molecule has 0 aliphatic carbocycles. The van der Waals surface area contributed by atoms with E-state index in [1.54, 1.807) is 13.0 Å². The van der Waals surface area contributed by atoms with E-state index in [9.17, 15) is 14.9 Å². The van der Waals surface area contributed by atoms with E-state index in [1.807, 2.05) is 0 Å². The fraction of sp³-hybridized carbons (Fsp3) is 0.273. The van der Waals surface area contributed by atoms with Crippen LogP contribution >= 0.6 is 11.3 Å². The molecule has 0 saturated carbocycles. The highest BCUT2D eigenvalue weighted by Crippen LogP contribution is 2.34. The zero-order valence-corrected chi connectivity index (χ0v) is 10.8. The van der Waals surface area contributed by atoms with Gasteiger partial charge in [-0.05, 0) is 18.6 Å². The van der Waals surface area contributed by atoms with Crippen molar-refractivity contribution in [1.29, 1.82) is 0 Å². The Morgan fingerprint density at radius 3 is 2.95 bits per heavy atom. The van der Waals surface area contributed by atoms with Crippen LogP contribution in [-0.2, 0) is 4.79 Å². The first-order chi connectivity index (χ1) is 9.04. The molecular weight excluding hydrogens is 270 g/mol. The lowest BCUT2D eigenvalue weighted by Crippen LogP contribution is -2.28. The number of nitro groups is 1. The van der Waals surface area contributed by atoms with Crippen LogP contribution in [0, 0.1) is 10.1 Å². The van der Waals surface area contributed by atoms with Gasteiger partial charge in [-0.2, -0.15) is 0 Å². The van der Waals surface area contributed by atoms with Crippen LogP contribution in [0.2, 0.25) is 0 Å². The molecule has 0 radical (unpaired) electrons. The fourth-order valence-electron chi connectivity index (χ4n) is 1.74. The topological polar surface area (TPSA) is 105 Å². The summed E-state index contributed by atoms with van der Waals surface area (Å²) >= 11 is 1.30. The van der Waals surface area contributed by atoms with Crippen LogP contribution in [0.15, 0.2) is 17.6 Å². The monoisotopic (exact) mass is 281 g/mol. The van der Waals surface area contributed by atoms with Crippen LogP contribution in [0.25, 0.3) is 10.2 Å². The Hall–Kier alpha value is -2.22. The predicted molar refractivity (Wildman–Crippen MR) is 71.6 cm³/mol. The number of carboxylic acids is 1. The molecule has 2 N–H and O–H groups in total. The average molecular weight is 281 g/mol. The maximum atomic E-state index is 11.2. The zero-order chi connectivity index (χ0) is 14.0. The summed E-state index contributed by atoms with van der Waals surface area (Å²) in [5, 5.41) is 22.8. The second-order valence-electron chi connectivity index (χ2n) is 3.86. The number of carbonyl (C=O) groups is 1. The minimum atomic E-state index is -1.05. The number of benzene rings is 1. The van der Waals surface area contributed by atoms with E-state index in [0.29, 0.717) is 11.1 Å². The SMILES string of the molecule is CCC(Nc1ccc2scnc2c1[N+](=O)[O-])C(=O)O. The molecule has 1 aromatic heterocycles. The lowest BCUT2D eigenvalue weighted by Gasteiger charge is -2.13. The molecule has 19 heavy (non-hydrogen) atoms. The van der Waals surface area contributed by atoms with Crippen molar-refractivity contribution < 1.29 is 14.8 Å². The number of anilines is 1. The summed E-state index contributed by atoms with van der Waals surface area (Å²) in [5.74, 6) is -1.05. The summed E-state index contributed by atoms with van der Waals surface area (Å²) < 4.78 is 0.695. The van der Waals surface area contributed by atoms with Crippen LogP contribution in [0.1, 0.15) is 13.3 Å². The Morgan fingerprint density at radius 2 is 2.37 bits per heavy atom. The van der Waals surface area contributed by atoms with Crippen molar-refractivity contribution in [3.63, 3.8) is 0 Å². The summed E-state index contributed by atoms with van der Waals surface area (Å²) in [5.41, 5.74) is 1.80. The van der Waals surface area contributed by atoms with Gasteiger partial charge >= 0.3 is 11.7 Å². The molecule has 1 unspecified atom stereocenters. The van der Waals surface area contributed by atoms with Gasteiger partial charge in [0.2, 0.25) is 0 Å². The highest BCUT2D eigenvalue weighted by molar-refractivity contribution is 7.16. The molecule has 0 fully saturated rings. The van der Waals surface area contributed by atoms with Gasteiger partial charge in [-0.1, -0.05) is 6.92 Å². The highest BCUT2D eigenvalue weighted by atomic mass is 32.1. The van der Waals surface area contributed by atoms with Crippen LogP contribution in [-0.4, -0.2) is 27.0 Å². The number of aromatic nitrogens is 1. The van der Waals surface area contributed by atoms with E-state index in [1.165, 1.54) is 22.9 Å². The molecule has 0 aliphatic heterocycles. The molecule has 7 nitrogen and oxygen atoms in total. The lowest BCUT2D eigenvalue weighted by atomic mass is 10.2. The highest BCUT2D eigenvalue weighted by Gasteiger charge is 2.24. The third-order valence-electron chi connectivity index (χ3n) is 2.69. The molecule has 0 aliphatic rings. The Kier molecular flexibility index (Phi) is 3.61. The summed E-state index contributed by atoms with van der Waals surface area (Å²) in [7, 11) is 0. The molecule has 0 bridgehead atoms. The average Bonchev–Trinajstić information content (AvgIpc) is 2.82. The number of hydrogen-bond acceptors (Lipinski definition) is 6. The van der Waals surface area contributed by atoms with Crippen LogP contribution < -0.4 is 5.32 Å². The van der Waals surface area contributed by atoms with Gasteiger partial charge in [0.25, 0.3) is 0 Å². The largest absolute Gasteiger partial charge is 0.480 e. The van der Waals surface area contributed by atoms with Gasteiger partial charge in [-0.25, -0.2) is 9.78 Å². The van der Waals surface area contributed by atoms with Crippen molar-refractivity contribution >= 4 is 38.9 Å². The number of rotatable bonds is 5. The van der Waals surface area contributed by atoms with Crippen LogP contribution in [0.3, 0.4) is 0 Å². The maximum Gasteiger partial charge on any atom is 0.326 e. The molecule has 0 spiro atoms. The quantitative estimate of drug-likeness (QED) is 0.644. The van der Waals surface area contributed by atoms with Gasteiger partial charge in [-0.3, -0.25) is 10.1 Å². The van der Waals surface area contributed by atoms with E-state index < -0.39 is 16.9 Å². The van der Waals surface area contributed by atoms with Crippen LogP contribution in [0.4, 0.5) is 11.4 Å². The molecule has 0 amide bonds. The van der Waals surface area contributed by atoms with E-state index in [2.05, 4.69) is 10.3 Å². The van der Waals surface area contributed by atoms with Crippen molar-refractivity contribution in [3.05, 3.63) is 27.8 Å². The molecule has 8 heteroatoms. The van der Waals surface area contributed by atoms with Crippen molar-refractivity contribution in [1.82, 2.24) is 4.98 Å². The number of aliphatic carboxylic acids is 1. The third kappa shape index (κ3) is 2.48. The van der Waals surface area contributed by atoms with Gasteiger partial charge in [0.05, 0.1) is 15.1 Å². The zero-order valence-electron chi connectivity index (χ0n) is 9.99. The second-order valence-corrected chi connectivity index (χ2v) is 4.75. The first-order valence-corrected chi connectivity index (χ1v) is 6.42. The maximum absolute atomic E-state index is 11.2. The molecule has 100 valence electrons. The van der Waals surface area contributed by atoms with E-state index in [4.69, 9.17) is 5.11 Å². The Morgan fingerprint density at radius 1 is 1.63 bits per heavy atom. The summed E-state index contributed by atoms with van der Waals surface area (Å²) in [6.45, 7) is 1.69. The molecule has 2 rings (SSSR count). The number of hydrogen-bond donors (Lipinski definition) is 2. The summed E-state index contributed by atoms with van der Waals surface area (Å²) in [4.78, 5) is 25.6. The van der Waals surface area contributed by atoms with Gasteiger partial charge in [0, 0.05) is 0 Å². The standard InChI is InChI=1S/C11H11N3O4S/c1-2-6(11(15)16)13-7-3-4-8-9(12-5-19-8)10(7)14(17)18/h3-6,13H,2H2,1H3,(H,15,16). The number of nitrogens with zero attached hydrogens (tertiary/aromatic N) is 2. The predicted octanol–water partition coefficient (Wildman–Crippen LogP) is 2.48. The van der Waals surface area contributed by atoms with Gasteiger partial charge in [-0.15, -0.1) is 11.3 Å². The number of thiazole rings is 1. The Labute approximate surface area is 112 Å². The van der Waals surface area contributed by atoms with Gasteiger partial charge in [0.15, 0.2) is 5.52 Å². The molecule has 1 heterocycles. The van der Waals surface area contributed by atoms with E-state index >= 15 is 0 Å². The van der Waals surface area contributed by atoms with Gasteiger partial charge in [0.1, 0.15) is 11.7 Å². The minimum Gasteiger partial charge on any atom is -0.480 e. The molecule has 1 atom stereocenters. The third-order valence-corrected chi connectivity index (χ3v) is 3.49. The van der Waals surface area contributed by atoms with Crippen LogP contribution in [0.5, 0.6) is 0 Å². The van der Waals surface area contributed by atoms with Gasteiger partial charge < -0.3 is 10.4 Å². The number of carboxylic acid groups (broad SMARTS) is 1. The van der Waals surface area contributed by atoms with Crippen molar-refractivity contribution in [3.8, 4) is 0 Å². The fourth-order valence-corrected chi connectivity index (χ4v) is 2.42. The summed E-state index contributed by atoms with van der Waals surface area (Å²) in [6.07, 6.45) is 0.321.